The monoisotopic (exact) mass is 694 g/mol. The van der Waals surface area contributed by atoms with Crippen LogP contribution in [0.25, 0.3) is 72.4 Å². The summed E-state index contributed by atoms with van der Waals surface area (Å²) in [4.78, 5) is 19.4. The number of hydrogen-bond donors (Lipinski definition) is 0. The molecule has 1 spiro atoms. The average Bonchev–Trinajstić information content (AvgIpc) is 3.53. The molecule has 0 aliphatic heterocycles. The van der Waals surface area contributed by atoms with Crippen LogP contribution < -0.4 is 0 Å². The number of para-hydroxylation sites is 1. The van der Waals surface area contributed by atoms with Crippen LogP contribution in [0.4, 0.5) is 5.69 Å². The topological polar surface area (TPSA) is 43.0 Å². The maximum absolute atomic E-state index is 7.68. The molecule has 5 aliphatic carbocycles. The zero-order chi connectivity index (χ0) is 35.8. The molecule has 54 heavy (non-hydrogen) atoms. The van der Waals surface area contributed by atoms with Gasteiger partial charge in [-0.25, -0.2) is 19.8 Å². The van der Waals surface area contributed by atoms with E-state index >= 15 is 0 Å². The van der Waals surface area contributed by atoms with E-state index in [1.54, 1.807) is 0 Å². The van der Waals surface area contributed by atoms with E-state index in [-0.39, 0.29) is 5.41 Å². The van der Waals surface area contributed by atoms with Crippen LogP contribution in [0.2, 0.25) is 0 Å². The lowest BCUT2D eigenvalue weighted by Gasteiger charge is -2.61. The molecule has 0 saturated heterocycles. The smallest absolute Gasteiger partial charge is 0.194 e. The van der Waals surface area contributed by atoms with Crippen LogP contribution in [0.15, 0.2) is 146 Å². The Bertz CT molecular complexity index is 2530. The van der Waals surface area contributed by atoms with Gasteiger partial charge in [0.2, 0.25) is 0 Å². The van der Waals surface area contributed by atoms with Crippen molar-refractivity contribution in [3.8, 4) is 67.5 Å². The summed E-state index contributed by atoms with van der Waals surface area (Å²) in [5.41, 5.74) is 13.9. The minimum atomic E-state index is -0.0916. The van der Waals surface area contributed by atoms with Crippen LogP contribution in [-0.2, 0) is 5.41 Å². The van der Waals surface area contributed by atoms with E-state index in [4.69, 9.17) is 21.5 Å². The summed E-state index contributed by atoms with van der Waals surface area (Å²) in [5.74, 6) is 5.00. The summed E-state index contributed by atoms with van der Waals surface area (Å²) >= 11 is 0. The largest absolute Gasteiger partial charge is 0.238 e. The van der Waals surface area contributed by atoms with Gasteiger partial charge in [-0.05, 0) is 106 Å². The zero-order valence-electron chi connectivity index (χ0n) is 30.0. The van der Waals surface area contributed by atoms with E-state index in [2.05, 4.69) is 114 Å². The second-order valence-electron chi connectivity index (χ2n) is 15.9. The van der Waals surface area contributed by atoms with Crippen molar-refractivity contribution in [1.82, 2.24) is 15.0 Å². The third-order valence-corrected chi connectivity index (χ3v) is 13.2. The van der Waals surface area contributed by atoms with E-state index < -0.39 is 0 Å². The van der Waals surface area contributed by atoms with Gasteiger partial charge in [0.1, 0.15) is 0 Å². The molecule has 0 radical (unpaired) electrons. The Morgan fingerprint density at radius 3 is 1.63 bits per heavy atom. The summed E-state index contributed by atoms with van der Waals surface area (Å²) < 4.78 is 0. The van der Waals surface area contributed by atoms with Crippen molar-refractivity contribution in [3.05, 3.63) is 168 Å². The Morgan fingerprint density at radius 1 is 0.444 bits per heavy atom. The first kappa shape index (κ1) is 31.4. The maximum Gasteiger partial charge on any atom is 0.194 e. The normalized spacial score (nSPS) is 22.9. The Kier molecular flexibility index (Phi) is 7.07. The van der Waals surface area contributed by atoms with Crippen molar-refractivity contribution >= 4 is 5.69 Å². The fourth-order valence-electron chi connectivity index (χ4n) is 11.2. The summed E-state index contributed by atoms with van der Waals surface area (Å²) in [6.07, 6.45) is 6.58. The highest BCUT2D eigenvalue weighted by Crippen LogP contribution is 2.70. The molecule has 1 heterocycles. The van der Waals surface area contributed by atoms with Crippen LogP contribution in [0.3, 0.4) is 0 Å². The van der Waals surface area contributed by atoms with Crippen LogP contribution in [-0.4, -0.2) is 15.0 Å². The molecule has 0 atom stereocenters. The maximum atomic E-state index is 7.68. The second kappa shape index (κ2) is 12.2. The highest BCUT2D eigenvalue weighted by molar-refractivity contribution is 5.90. The highest BCUT2D eigenvalue weighted by Gasteiger charge is 2.62. The number of hydrogen-bond acceptors (Lipinski definition) is 3. The van der Waals surface area contributed by atoms with Crippen LogP contribution in [0.1, 0.15) is 43.2 Å². The Balaban J connectivity index is 1.10. The lowest BCUT2D eigenvalue weighted by Crippen LogP contribution is -2.55. The number of fused-ring (bicyclic) bond motifs is 3. The molecule has 0 N–H and O–H groups in total. The van der Waals surface area contributed by atoms with Crippen molar-refractivity contribution in [2.45, 2.75) is 37.5 Å². The van der Waals surface area contributed by atoms with Crippen molar-refractivity contribution in [2.24, 2.45) is 23.7 Å². The lowest BCUT2D eigenvalue weighted by atomic mass is 9.42. The van der Waals surface area contributed by atoms with Crippen LogP contribution in [0.5, 0.6) is 0 Å². The predicted octanol–water partition coefficient (Wildman–Crippen LogP) is 12.5. The molecule has 4 fully saturated rings. The SMILES string of the molecule is [C-]#[N+]c1ccccc1-c1ccc(-c2ccc3c(c2)C2(c4c(-c5nc(-c6ccccc6)nc(-c6ccccc6)n5)cccc4-3)C3CC4CC(C3)CC2C4)cc1. The zero-order valence-corrected chi connectivity index (χ0v) is 30.0. The third kappa shape index (κ3) is 4.71. The second-order valence-corrected chi connectivity index (χ2v) is 15.9. The number of aromatic nitrogens is 3. The van der Waals surface area contributed by atoms with E-state index in [1.807, 2.05) is 36.4 Å². The molecule has 4 heteroatoms. The molecule has 0 amide bonds. The summed E-state index contributed by atoms with van der Waals surface area (Å²) in [5, 5.41) is 0. The summed E-state index contributed by atoms with van der Waals surface area (Å²) in [6, 6.07) is 51.5. The van der Waals surface area contributed by atoms with E-state index in [0.717, 1.165) is 45.5 Å². The Morgan fingerprint density at radius 2 is 0.981 bits per heavy atom. The number of rotatable bonds is 5. The van der Waals surface area contributed by atoms with Crippen molar-refractivity contribution in [1.29, 1.82) is 0 Å². The van der Waals surface area contributed by atoms with Gasteiger partial charge in [-0.2, -0.15) is 0 Å². The summed E-state index contributed by atoms with van der Waals surface area (Å²) in [6.45, 7) is 7.68. The van der Waals surface area contributed by atoms with Gasteiger partial charge in [0.25, 0.3) is 0 Å². The van der Waals surface area contributed by atoms with Gasteiger partial charge in [-0.15, -0.1) is 0 Å². The molecule has 258 valence electrons. The first-order valence-corrected chi connectivity index (χ1v) is 19.4. The lowest BCUT2D eigenvalue weighted by molar-refractivity contribution is -0.0397. The minimum absolute atomic E-state index is 0.0916. The minimum Gasteiger partial charge on any atom is -0.238 e. The van der Waals surface area contributed by atoms with Gasteiger partial charge in [0.05, 0.1) is 6.57 Å². The molecule has 4 saturated carbocycles. The molecule has 4 bridgehead atoms. The van der Waals surface area contributed by atoms with Crippen molar-refractivity contribution in [2.75, 3.05) is 0 Å². The van der Waals surface area contributed by atoms with E-state index in [1.165, 1.54) is 65.5 Å². The first-order chi connectivity index (χ1) is 26.7. The first-order valence-electron chi connectivity index (χ1n) is 19.4. The fraction of sp³-hybridized carbons (Fsp3) is 0.200. The van der Waals surface area contributed by atoms with Gasteiger partial charge in [-0.3, -0.25) is 0 Å². The average molecular weight is 695 g/mol. The third-order valence-electron chi connectivity index (χ3n) is 13.2. The molecule has 12 rings (SSSR count). The molecule has 0 unspecified atom stereocenters. The van der Waals surface area contributed by atoms with Gasteiger partial charge >= 0.3 is 0 Å². The molecule has 4 nitrogen and oxygen atoms in total. The van der Waals surface area contributed by atoms with Gasteiger partial charge in [0, 0.05) is 22.1 Å². The molecular formula is C50H38N4. The summed E-state index contributed by atoms with van der Waals surface area (Å²) in [7, 11) is 0. The Hall–Kier alpha value is -6.18. The van der Waals surface area contributed by atoms with E-state index in [9.17, 15) is 0 Å². The molecule has 5 aliphatic rings. The molecule has 6 aromatic carbocycles. The molecular weight excluding hydrogens is 657 g/mol. The Labute approximate surface area is 316 Å². The number of nitrogens with zero attached hydrogens (tertiary/aromatic N) is 4. The van der Waals surface area contributed by atoms with Gasteiger partial charge in [-0.1, -0.05) is 140 Å². The highest BCUT2D eigenvalue weighted by atomic mass is 15.0. The number of benzene rings is 6. The van der Waals surface area contributed by atoms with Gasteiger partial charge < -0.3 is 0 Å². The fourth-order valence-corrected chi connectivity index (χ4v) is 11.2. The van der Waals surface area contributed by atoms with Crippen molar-refractivity contribution < 1.29 is 0 Å². The van der Waals surface area contributed by atoms with E-state index in [0.29, 0.717) is 29.2 Å². The van der Waals surface area contributed by atoms with Gasteiger partial charge in [0.15, 0.2) is 23.2 Å². The standard InChI is InChI=1S/C50H38N4/c1-51-45-18-9-8-15-40(45)34-21-19-33(20-22-34)37-23-24-41-42-16-10-17-43(46(42)50(44(41)30-37)38-26-31-25-32(28-38)29-39(50)27-31)49-53-47(35-11-4-2-5-12-35)52-48(54-49)36-13-6-3-7-14-36/h2-24,30-32,38-39H,25-29H2. The predicted molar refractivity (Wildman–Crippen MR) is 217 cm³/mol. The van der Waals surface area contributed by atoms with Crippen LogP contribution in [0, 0.1) is 30.2 Å². The van der Waals surface area contributed by atoms with Crippen molar-refractivity contribution in [3.63, 3.8) is 0 Å². The quantitative estimate of drug-likeness (QED) is 0.168. The molecule has 1 aromatic heterocycles. The molecule has 7 aromatic rings. The van der Waals surface area contributed by atoms with Crippen LogP contribution >= 0.6 is 0 Å².